The van der Waals surface area contributed by atoms with Crippen molar-refractivity contribution in [1.29, 1.82) is 0 Å². The highest BCUT2D eigenvalue weighted by molar-refractivity contribution is 5.30. The van der Waals surface area contributed by atoms with E-state index in [-0.39, 0.29) is 5.56 Å². The molecule has 0 aliphatic heterocycles. The van der Waals surface area contributed by atoms with Crippen molar-refractivity contribution in [3.05, 3.63) is 22.7 Å². The molecule has 1 aliphatic rings. The molecule has 4 heteroatoms. The summed E-state index contributed by atoms with van der Waals surface area (Å²) < 4.78 is 1.75. The summed E-state index contributed by atoms with van der Waals surface area (Å²) >= 11 is 0. The molecule has 4 nitrogen and oxygen atoms in total. The minimum absolute atomic E-state index is 0.00171. The molecule has 2 unspecified atom stereocenters. The van der Waals surface area contributed by atoms with Gasteiger partial charge in [-0.05, 0) is 24.2 Å². The average molecular weight is 263 g/mol. The quantitative estimate of drug-likeness (QED) is 0.888. The lowest BCUT2D eigenvalue weighted by Crippen LogP contribution is -2.28. The number of nitrogens with one attached hydrogen (secondary N) is 1. The van der Waals surface area contributed by atoms with E-state index in [4.69, 9.17) is 0 Å². The van der Waals surface area contributed by atoms with Crippen LogP contribution in [0.2, 0.25) is 0 Å². The van der Waals surface area contributed by atoms with Crippen molar-refractivity contribution < 1.29 is 0 Å². The predicted octanol–water partition coefficient (Wildman–Crippen LogP) is 2.75. The second kappa shape index (κ2) is 6.22. The largest absolute Gasteiger partial charge is 0.365 e. The molecule has 0 amide bonds. The van der Waals surface area contributed by atoms with E-state index in [2.05, 4.69) is 31.1 Å². The lowest BCUT2D eigenvalue weighted by Gasteiger charge is -2.16. The van der Waals surface area contributed by atoms with Crippen molar-refractivity contribution >= 4 is 5.82 Å². The van der Waals surface area contributed by atoms with Crippen LogP contribution in [0.4, 0.5) is 5.82 Å². The average Bonchev–Trinajstić information content (AvgIpc) is 2.76. The summed E-state index contributed by atoms with van der Waals surface area (Å²) in [5.74, 6) is 2.40. The van der Waals surface area contributed by atoms with Crippen LogP contribution >= 0.6 is 0 Å². The fourth-order valence-electron chi connectivity index (χ4n) is 2.86. The summed E-state index contributed by atoms with van der Waals surface area (Å²) in [6, 6.07) is 0. The molecule has 1 heterocycles. The summed E-state index contributed by atoms with van der Waals surface area (Å²) in [6.45, 7) is 8.14. The molecule has 1 fully saturated rings. The van der Waals surface area contributed by atoms with E-state index >= 15 is 0 Å². The standard InChI is InChI=1S/C15H25N3O/c1-11(2)10-18-8-7-16-14(15(18)19)17-9-13-6-4-5-12(13)3/h7-8,11-13H,4-6,9-10H2,1-3H3,(H,16,17). The molecule has 2 rings (SSSR count). The van der Waals surface area contributed by atoms with Gasteiger partial charge in [0.25, 0.3) is 5.56 Å². The molecular weight excluding hydrogens is 238 g/mol. The Bertz CT molecular complexity index is 467. The molecule has 0 aromatic carbocycles. The molecular formula is C15H25N3O. The molecule has 19 heavy (non-hydrogen) atoms. The minimum atomic E-state index is 0.00171. The zero-order valence-corrected chi connectivity index (χ0v) is 12.2. The van der Waals surface area contributed by atoms with E-state index in [9.17, 15) is 4.79 Å². The van der Waals surface area contributed by atoms with Gasteiger partial charge in [0.15, 0.2) is 5.82 Å². The highest BCUT2D eigenvalue weighted by Gasteiger charge is 2.23. The van der Waals surface area contributed by atoms with E-state index in [1.165, 1.54) is 19.3 Å². The Morgan fingerprint density at radius 3 is 2.89 bits per heavy atom. The summed E-state index contributed by atoms with van der Waals surface area (Å²) in [6.07, 6.45) is 7.37. The topological polar surface area (TPSA) is 46.9 Å². The second-order valence-corrected chi connectivity index (χ2v) is 6.18. The molecule has 0 spiro atoms. The Morgan fingerprint density at radius 1 is 1.47 bits per heavy atom. The highest BCUT2D eigenvalue weighted by Crippen LogP contribution is 2.30. The van der Waals surface area contributed by atoms with E-state index in [0.717, 1.165) is 19.0 Å². The van der Waals surface area contributed by atoms with Gasteiger partial charge < -0.3 is 9.88 Å². The van der Waals surface area contributed by atoms with E-state index in [1.807, 2.05) is 0 Å². The maximum atomic E-state index is 12.2. The van der Waals surface area contributed by atoms with Crippen LogP contribution in [0.5, 0.6) is 0 Å². The first kappa shape index (κ1) is 14.1. The third kappa shape index (κ3) is 3.58. The van der Waals surface area contributed by atoms with Crippen LogP contribution in [0.25, 0.3) is 0 Å². The Morgan fingerprint density at radius 2 is 2.26 bits per heavy atom. The molecule has 0 saturated heterocycles. The fourth-order valence-corrected chi connectivity index (χ4v) is 2.86. The molecule has 0 bridgehead atoms. The molecule has 1 aromatic rings. The Balaban J connectivity index is 2.02. The first-order valence-electron chi connectivity index (χ1n) is 7.37. The Labute approximate surface area is 115 Å². The first-order valence-corrected chi connectivity index (χ1v) is 7.37. The molecule has 106 valence electrons. The van der Waals surface area contributed by atoms with Crippen molar-refractivity contribution in [2.24, 2.45) is 17.8 Å². The monoisotopic (exact) mass is 263 g/mol. The third-order valence-corrected chi connectivity index (χ3v) is 4.05. The van der Waals surface area contributed by atoms with Crippen LogP contribution in [0.1, 0.15) is 40.0 Å². The van der Waals surface area contributed by atoms with E-state index < -0.39 is 0 Å². The zero-order valence-electron chi connectivity index (χ0n) is 12.2. The second-order valence-electron chi connectivity index (χ2n) is 6.18. The number of nitrogens with zero attached hydrogens (tertiary/aromatic N) is 2. The van der Waals surface area contributed by atoms with Crippen molar-refractivity contribution in [3.8, 4) is 0 Å². The van der Waals surface area contributed by atoms with Crippen molar-refractivity contribution in [2.45, 2.75) is 46.6 Å². The van der Waals surface area contributed by atoms with Crippen LogP contribution in [-0.4, -0.2) is 16.1 Å². The first-order chi connectivity index (χ1) is 9.08. The van der Waals surface area contributed by atoms with Crippen LogP contribution in [-0.2, 0) is 6.54 Å². The number of anilines is 1. The number of hydrogen-bond acceptors (Lipinski definition) is 3. The van der Waals surface area contributed by atoms with Gasteiger partial charge in [-0.3, -0.25) is 4.79 Å². The lowest BCUT2D eigenvalue weighted by molar-refractivity contribution is 0.438. The van der Waals surface area contributed by atoms with Crippen molar-refractivity contribution in [2.75, 3.05) is 11.9 Å². The van der Waals surface area contributed by atoms with Gasteiger partial charge in [0.05, 0.1) is 0 Å². The normalized spacial score (nSPS) is 22.9. The predicted molar refractivity (Wildman–Crippen MR) is 78.3 cm³/mol. The van der Waals surface area contributed by atoms with Crippen molar-refractivity contribution in [1.82, 2.24) is 9.55 Å². The van der Waals surface area contributed by atoms with Crippen molar-refractivity contribution in [3.63, 3.8) is 0 Å². The van der Waals surface area contributed by atoms with Gasteiger partial charge in [0, 0.05) is 25.5 Å². The van der Waals surface area contributed by atoms with Gasteiger partial charge >= 0.3 is 0 Å². The van der Waals surface area contributed by atoms with Crippen LogP contribution in [0.3, 0.4) is 0 Å². The Hall–Kier alpha value is -1.32. The maximum absolute atomic E-state index is 12.2. The van der Waals surface area contributed by atoms with Gasteiger partial charge in [0.1, 0.15) is 0 Å². The highest BCUT2D eigenvalue weighted by atomic mass is 16.1. The third-order valence-electron chi connectivity index (χ3n) is 4.05. The van der Waals surface area contributed by atoms with Gasteiger partial charge in [0.2, 0.25) is 0 Å². The smallest absolute Gasteiger partial charge is 0.293 e. The van der Waals surface area contributed by atoms with Gasteiger partial charge in [-0.25, -0.2) is 4.98 Å². The SMILES string of the molecule is CC(C)Cn1ccnc(NCC2CCCC2C)c1=O. The zero-order chi connectivity index (χ0) is 13.8. The van der Waals surface area contributed by atoms with Gasteiger partial charge in [-0.1, -0.05) is 33.6 Å². The molecule has 1 saturated carbocycles. The fraction of sp³-hybridized carbons (Fsp3) is 0.733. The number of rotatable bonds is 5. The number of aromatic nitrogens is 2. The Kier molecular flexibility index (Phi) is 4.61. The number of hydrogen-bond donors (Lipinski definition) is 1. The summed E-state index contributed by atoms with van der Waals surface area (Å²) in [7, 11) is 0. The molecule has 1 N–H and O–H groups in total. The minimum Gasteiger partial charge on any atom is -0.365 e. The van der Waals surface area contributed by atoms with Crippen LogP contribution in [0, 0.1) is 17.8 Å². The molecule has 0 radical (unpaired) electrons. The van der Waals surface area contributed by atoms with E-state index in [0.29, 0.717) is 17.7 Å². The molecule has 2 atom stereocenters. The van der Waals surface area contributed by atoms with Gasteiger partial charge in [-0.2, -0.15) is 0 Å². The van der Waals surface area contributed by atoms with Crippen LogP contribution < -0.4 is 10.9 Å². The molecule has 1 aliphatic carbocycles. The van der Waals surface area contributed by atoms with Crippen LogP contribution in [0.15, 0.2) is 17.2 Å². The summed E-state index contributed by atoms with van der Waals surface area (Å²) in [5, 5.41) is 3.25. The van der Waals surface area contributed by atoms with Gasteiger partial charge in [-0.15, -0.1) is 0 Å². The maximum Gasteiger partial charge on any atom is 0.293 e. The summed E-state index contributed by atoms with van der Waals surface area (Å²) in [5.41, 5.74) is 0.00171. The summed E-state index contributed by atoms with van der Waals surface area (Å²) in [4.78, 5) is 16.4. The van der Waals surface area contributed by atoms with E-state index in [1.54, 1.807) is 17.0 Å². The lowest BCUT2D eigenvalue weighted by atomic mass is 9.98. The molecule has 1 aromatic heterocycles.